The van der Waals surface area contributed by atoms with Crippen molar-refractivity contribution >= 4 is 22.2 Å². The molecule has 0 aliphatic rings. The molecule has 5 heterocycles. The number of pyridine rings is 3. The van der Waals surface area contributed by atoms with Gasteiger partial charge in [0.25, 0.3) is 0 Å². The SMILES string of the molecule is CN(C)CCOc1cc(F)cc(-c2ccnc3[nH]c(-c4n[nH]c5ccc(-c6cccnc6)nc45)nc23)c1. The van der Waals surface area contributed by atoms with Gasteiger partial charge in [0, 0.05) is 42.3 Å². The van der Waals surface area contributed by atoms with E-state index in [0.29, 0.717) is 46.1 Å². The summed E-state index contributed by atoms with van der Waals surface area (Å²) >= 11 is 0. The molecule has 10 heteroatoms. The van der Waals surface area contributed by atoms with Crippen LogP contribution < -0.4 is 4.74 Å². The molecule has 0 amide bonds. The molecule has 0 spiro atoms. The number of ether oxygens (including phenoxy) is 1. The van der Waals surface area contributed by atoms with Crippen LogP contribution in [0.2, 0.25) is 0 Å². The van der Waals surface area contributed by atoms with Gasteiger partial charge in [-0.25, -0.2) is 19.3 Å². The van der Waals surface area contributed by atoms with E-state index in [1.807, 2.05) is 55.4 Å². The summed E-state index contributed by atoms with van der Waals surface area (Å²) in [5, 5.41) is 7.49. The standard InChI is InChI=1S/C27H23FN8O/c1-36(2)10-11-37-19-13-17(12-18(28)14-19)20-7-9-30-26-23(20)32-27(33-26)25-24-22(34-35-25)6-5-21(31-24)16-4-3-8-29-15-16/h3-9,12-15H,10-11H2,1-2H3,(H,34,35)(H,30,32,33). The van der Waals surface area contributed by atoms with Crippen molar-refractivity contribution < 1.29 is 9.13 Å². The Balaban J connectivity index is 1.41. The van der Waals surface area contributed by atoms with Crippen LogP contribution in [0.3, 0.4) is 0 Å². The van der Waals surface area contributed by atoms with Crippen molar-refractivity contribution in [3.05, 3.63) is 72.9 Å². The highest BCUT2D eigenvalue weighted by Crippen LogP contribution is 2.33. The Kier molecular flexibility index (Phi) is 5.78. The fraction of sp³-hybridized carbons (Fsp3) is 0.148. The molecular formula is C27H23FN8O. The van der Waals surface area contributed by atoms with Crippen molar-refractivity contribution in [3.63, 3.8) is 0 Å². The third-order valence-electron chi connectivity index (χ3n) is 5.96. The molecule has 0 radical (unpaired) electrons. The van der Waals surface area contributed by atoms with E-state index in [0.717, 1.165) is 28.9 Å². The first kappa shape index (κ1) is 22.7. The minimum absolute atomic E-state index is 0.386. The smallest absolute Gasteiger partial charge is 0.162 e. The van der Waals surface area contributed by atoms with Crippen LogP contribution in [0.25, 0.3) is 56.1 Å². The largest absolute Gasteiger partial charge is 0.492 e. The topological polar surface area (TPSA) is 108 Å². The second kappa shape index (κ2) is 9.40. The molecule has 0 saturated heterocycles. The molecule has 0 aliphatic carbocycles. The maximum Gasteiger partial charge on any atom is 0.162 e. The normalized spacial score (nSPS) is 11.6. The summed E-state index contributed by atoms with van der Waals surface area (Å²) in [4.78, 5) is 23.5. The molecule has 0 aliphatic heterocycles. The van der Waals surface area contributed by atoms with Crippen LogP contribution in [-0.2, 0) is 0 Å². The van der Waals surface area contributed by atoms with Crippen molar-refractivity contribution in [1.82, 2.24) is 40.0 Å². The molecule has 2 N–H and O–H groups in total. The lowest BCUT2D eigenvalue weighted by Gasteiger charge is -2.12. The van der Waals surface area contributed by atoms with Crippen LogP contribution in [0.5, 0.6) is 5.75 Å². The fourth-order valence-electron chi connectivity index (χ4n) is 4.14. The summed E-state index contributed by atoms with van der Waals surface area (Å²) in [6.07, 6.45) is 5.16. The number of halogens is 1. The lowest BCUT2D eigenvalue weighted by molar-refractivity contribution is 0.260. The highest BCUT2D eigenvalue weighted by molar-refractivity contribution is 5.95. The molecule has 184 valence electrons. The van der Waals surface area contributed by atoms with Gasteiger partial charge < -0.3 is 14.6 Å². The summed E-state index contributed by atoms with van der Waals surface area (Å²) in [6.45, 7) is 1.18. The predicted octanol–water partition coefficient (Wildman–Crippen LogP) is 4.70. The third-order valence-corrected chi connectivity index (χ3v) is 5.96. The maximum absolute atomic E-state index is 14.5. The number of aromatic nitrogens is 7. The molecule has 0 atom stereocenters. The van der Waals surface area contributed by atoms with Gasteiger partial charge in [0.1, 0.15) is 29.2 Å². The molecule has 0 saturated carbocycles. The second-order valence-corrected chi connectivity index (χ2v) is 8.88. The van der Waals surface area contributed by atoms with Crippen molar-refractivity contribution in [1.29, 1.82) is 0 Å². The van der Waals surface area contributed by atoms with Crippen molar-refractivity contribution in [2.75, 3.05) is 27.2 Å². The van der Waals surface area contributed by atoms with Gasteiger partial charge in [-0.1, -0.05) is 0 Å². The first-order valence-corrected chi connectivity index (χ1v) is 11.7. The van der Waals surface area contributed by atoms with Crippen LogP contribution in [0.4, 0.5) is 4.39 Å². The van der Waals surface area contributed by atoms with E-state index >= 15 is 0 Å². The van der Waals surface area contributed by atoms with Gasteiger partial charge in [0.05, 0.1) is 11.2 Å². The zero-order valence-electron chi connectivity index (χ0n) is 20.2. The fourth-order valence-corrected chi connectivity index (χ4v) is 4.14. The highest BCUT2D eigenvalue weighted by atomic mass is 19.1. The van der Waals surface area contributed by atoms with E-state index in [-0.39, 0.29) is 5.82 Å². The highest BCUT2D eigenvalue weighted by Gasteiger charge is 2.18. The molecule has 0 bridgehead atoms. The second-order valence-electron chi connectivity index (χ2n) is 8.88. The number of nitrogens with zero attached hydrogens (tertiary/aromatic N) is 6. The lowest BCUT2D eigenvalue weighted by Crippen LogP contribution is -2.19. The van der Waals surface area contributed by atoms with Crippen LogP contribution in [0.1, 0.15) is 0 Å². The van der Waals surface area contributed by atoms with Gasteiger partial charge in [-0.15, -0.1) is 0 Å². The third kappa shape index (κ3) is 4.50. The minimum Gasteiger partial charge on any atom is -0.492 e. The first-order chi connectivity index (χ1) is 18.0. The Hall–Kier alpha value is -4.70. The zero-order valence-corrected chi connectivity index (χ0v) is 20.2. The van der Waals surface area contributed by atoms with E-state index in [1.165, 1.54) is 12.1 Å². The van der Waals surface area contributed by atoms with E-state index in [4.69, 9.17) is 14.7 Å². The van der Waals surface area contributed by atoms with E-state index in [2.05, 4.69) is 25.1 Å². The van der Waals surface area contributed by atoms with Gasteiger partial charge in [-0.2, -0.15) is 5.10 Å². The monoisotopic (exact) mass is 494 g/mol. The molecule has 9 nitrogen and oxygen atoms in total. The number of imidazole rings is 1. The lowest BCUT2D eigenvalue weighted by atomic mass is 10.1. The quantitative estimate of drug-likeness (QED) is 0.331. The Bertz CT molecular complexity index is 1710. The average molecular weight is 495 g/mol. The number of hydrogen-bond donors (Lipinski definition) is 2. The molecule has 37 heavy (non-hydrogen) atoms. The summed E-state index contributed by atoms with van der Waals surface area (Å²) < 4.78 is 20.3. The molecule has 0 fully saturated rings. The minimum atomic E-state index is -0.386. The van der Waals surface area contributed by atoms with E-state index in [1.54, 1.807) is 18.6 Å². The number of likely N-dealkylation sites (N-methyl/N-ethyl adjacent to an activating group) is 1. The number of aromatic amines is 2. The van der Waals surface area contributed by atoms with Gasteiger partial charge in [0.15, 0.2) is 17.2 Å². The number of hydrogen-bond acceptors (Lipinski definition) is 7. The molecule has 5 aromatic heterocycles. The number of benzene rings is 1. The Morgan fingerprint density at radius 1 is 0.973 bits per heavy atom. The van der Waals surface area contributed by atoms with Crippen LogP contribution in [0.15, 0.2) is 67.1 Å². The van der Waals surface area contributed by atoms with Crippen LogP contribution in [-0.4, -0.2) is 67.3 Å². The maximum atomic E-state index is 14.5. The summed E-state index contributed by atoms with van der Waals surface area (Å²) in [6, 6.07) is 14.1. The Morgan fingerprint density at radius 3 is 2.73 bits per heavy atom. The molecular weight excluding hydrogens is 471 g/mol. The van der Waals surface area contributed by atoms with E-state index < -0.39 is 0 Å². The molecule has 6 rings (SSSR count). The summed E-state index contributed by atoms with van der Waals surface area (Å²) in [7, 11) is 3.92. The summed E-state index contributed by atoms with van der Waals surface area (Å²) in [5.41, 5.74) is 6.23. The van der Waals surface area contributed by atoms with Gasteiger partial charge >= 0.3 is 0 Å². The predicted molar refractivity (Wildman–Crippen MR) is 139 cm³/mol. The van der Waals surface area contributed by atoms with Crippen molar-refractivity contribution in [3.8, 4) is 39.7 Å². The summed E-state index contributed by atoms with van der Waals surface area (Å²) in [5.74, 6) is 0.586. The number of nitrogens with one attached hydrogen (secondary N) is 2. The van der Waals surface area contributed by atoms with Crippen molar-refractivity contribution in [2.24, 2.45) is 0 Å². The zero-order chi connectivity index (χ0) is 25.4. The van der Waals surface area contributed by atoms with Gasteiger partial charge in [-0.3, -0.25) is 10.1 Å². The number of H-pyrrole nitrogens is 2. The number of fused-ring (bicyclic) bond motifs is 2. The van der Waals surface area contributed by atoms with E-state index in [9.17, 15) is 4.39 Å². The van der Waals surface area contributed by atoms with Gasteiger partial charge in [-0.05, 0) is 62.1 Å². The molecule has 6 aromatic rings. The number of rotatable bonds is 7. The molecule has 0 unspecified atom stereocenters. The average Bonchev–Trinajstić information content (AvgIpc) is 3.52. The van der Waals surface area contributed by atoms with Crippen LogP contribution >= 0.6 is 0 Å². The van der Waals surface area contributed by atoms with Crippen LogP contribution in [0, 0.1) is 5.82 Å². The Labute approximate surface area is 211 Å². The van der Waals surface area contributed by atoms with Crippen molar-refractivity contribution in [2.45, 2.75) is 0 Å². The Morgan fingerprint density at radius 2 is 1.89 bits per heavy atom. The first-order valence-electron chi connectivity index (χ1n) is 11.7. The van der Waals surface area contributed by atoms with Gasteiger partial charge in [0.2, 0.25) is 0 Å². The molecule has 1 aromatic carbocycles.